The van der Waals surface area contributed by atoms with Crippen LogP contribution in [0.3, 0.4) is 0 Å². The van der Waals surface area contributed by atoms with E-state index >= 15 is 0 Å². The molecule has 25 heavy (non-hydrogen) atoms. The Kier molecular flexibility index (Phi) is 5.28. The molecule has 5 nitrogen and oxygen atoms in total. The summed E-state index contributed by atoms with van der Waals surface area (Å²) in [4.78, 5) is 18.3. The van der Waals surface area contributed by atoms with Gasteiger partial charge in [-0.15, -0.1) is 0 Å². The highest BCUT2D eigenvalue weighted by Gasteiger charge is 2.41. The number of ether oxygens (including phenoxy) is 2. The third-order valence-electron chi connectivity index (χ3n) is 4.52. The summed E-state index contributed by atoms with van der Waals surface area (Å²) >= 11 is 0. The lowest BCUT2D eigenvalue weighted by molar-refractivity contribution is -0.131. The average Bonchev–Trinajstić information content (AvgIpc) is 3.07. The van der Waals surface area contributed by atoms with Crippen molar-refractivity contribution in [3.8, 4) is 5.75 Å². The third-order valence-corrected chi connectivity index (χ3v) is 4.52. The number of halogens is 1. The second-order valence-electron chi connectivity index (χ2n) is 6.23. The van der Waals surface area contributed by atoms with Gasteiger partial charge in [0.15, 0.2) is 0 Å². The van der Waals surface area contributed by atoms with Crippen molar-refractivity contribution in [2.45, 2.75) is 18.4 Å². The largest absolute Gasteiger partial charge is 0.491 e. The minimum Gasteiger partial charge on any atom is -0.491 e. The van der Waals surface area contributed by atoms with E-state index in [1.807, 2.05) is 12.1 Å². The van der Waals surface area contributed by atoms with Crippen molar-refractivity contribution in [3.63, 3.8) is 0 Å². The SMILES string of the molecule is COC1(COc2ccc(F)cc2)CCN(C(=O)Cc2ccncc2)C1. The Labute approximate surface area is 146 Å². The van der Waals surface area contributed by atoms with Gasteiger partial charge in [0.25, 0.3) is 0 Å². The number of pyridine rings is 1. The highest BCUT2D eigenvalue weighted by atomic mass is 19.1. The quantitative estimate of drug-likeness (QED) is 0.808. The Morgan fingerprint density at radius 2 is 1.96 bits per heavy atom. The number of methoxy groups -OCH3 is 1. The molecule has 0 aliphatic carbocycles. The maximum absolute atomic E-state index is 13.0. The number of hydrogen-bond donors (Lipinski definition) is 0. The van der Waals surface area contributed by atoms with Gasteiger partial charge in [-0.1, -0.05) is 0 Å². The molecule has 6 heteroatoms. The van der Waals surface area contributed by atoms with Gasteiger partial charge in [0, 0.05) is 26.0 Å². The van der Waals surface area contributed by atoms with E-state index in [0.717, 1.165) is 5.56 Å². The van der Waals surface area contributed by atoms with Gasteiger partial charge in [-0.3, -0.25) is 9.78 Å². The summed E-state index contributed by atoms with van der Waals surface area (Å²) < 4.78 is 24.4. The van der Waals surface area contributed by atoms with Crippen molar-refractivity contribution in [2.75, 3.05) is 26.8 Å². The predicted octanol–water partition coefficient (Wildman–Crippen LogP) is 2.46. The Hall–Kier alpha value is -2.47. The van der Waals surface area contributed by atoms with Crippen LogP contribution in [-0.4, -0.2) is 48.2 Å². The maximum Gasteiger partial charge on any atom is 0.227 e. The van der Waals surface area contributed by atoms with Gasteiger partial charge in [-0.2, -0.15) is 0 Å². The van der Waals surface area contributed by atoms with Crippen LogP contribution in [0.15, 0.2) is 48.8 Å². The molecule has 2 heterocycles. The lowest BCUT2D eigenvalue weighted by atomic mass is 10.0. The topological polar surface area (TPSA) is 51.7 Å². The van der Waals surface area contributed by atoms with Gasteiger partial charge in [-0.25, -0.2) is 4.39 Å². The predicted molar refractivity (Wildman–Crippen MR) is 90.8 cm³/mol. The monoisotopic (exact) mass is 344 g/mol. The summed E-state index contributed by atoms with van der Waals surface area (Å²) in [5, 5.41) is 0. The Balaban J connectivity index is 1.58. The fourth-order valence-electron chi connectivity index (χ4n) is 2.93. The second-order valence-corrected chi connectivity index (χ2v) is 6.23. The van der Waals surface area contributed by atoms with Crippen molar-refractivity contribution in [1.29, 1.82) is 0 Å². The maximum atomic E-state index is 13.0. The van der Waals surface area contributed by atoms with Crippen LogP contribution in [0.25, 0.3) is 0 Å². The fourth-order valence-corrected chi connectivity index (χ4v) is 2.93. The summed E-state index contributed by atoms with van der Waals surface area (Å²) in [6.07, 6.45) is 4.42. The molecule has 0 bridgehead atoms. The average molecular weight is 344 g/mol. The summed E-state index contributed by atoms with van der Waals surface area (Å²) in [5.41, 5.74) is 0.403. The molecule has 1 aliphatic rings. The van der Waals surface area contributed by atoms with Gasteiger partial charge in [-0.05, 0) is 48.4 Å². The molecule has 1 saturated heterocycles. The van der Waals surface area contributed by atoms with E-state index < -0.39 is 5.60 Å². The summed E-state index contributed by atoms with van der Waals surface area (Å²) in [7, 11) is 1.63. The molecule has 1 aromatic heterocycles. The molecule has 1 aromatic carbocycles. The first-order valence-corrected chi connectivity index (χ1v) is 8.20. The molecule has 1 amide bonds. The highest BCUT2D eigenvalue weighted by Crippen LogP contribution is 2.27. The zero-order chi connectivity index (χ0) is 17.7. The van der Waals surface area contributed by atoms with Crippen molar-refractivity contribution in [1.82, 2.24) is 9.88 Å². The molecule has 1 fully saturated rings. The van der Waals surface area contributed by atoms with Gasteiger partial charge in [0.05, 0.1) is 13.0 Å². The number of carbonyl (C=O) groups is 1. The summed E-state index contributed by atoms with van der Waals surface area (Å²) in [6, 6.07) is 9.56. The fraction of sp³-hybridized carbons (Fsp3) is 0.368. The molecular formula is C19H21FN2O3. The molecule has 1 atom stereocenters. The summed E-state index contributed by atoms with van der Waals surface area (Å²) in [6.45, 7) is 1.42. The minimum absolute atomic E-state index is 0.0620. The van der Waals surface area contributed by atoms with Crippen LogP contribution < -0.4 is 4.74 Å². The van der Waals surface area contributed by atoms with Crippen molar-refractivity contribution in [2.24, 2.45) is 0 Å². The smallest absolute Gasteiger partial charge is 0.227 e. The van der Waals surface area contributed by atoms with Crippen molar-refractivity contribution in [3.05, 3.63) is 60.2 Å². The molecule has 2 aromatic rings. The van der Waals surface area contributed by atoms with Crippen LogP contribution >= 0.6 is 0 Å². The molecule has 1 unspecified atom stereocenters. The second kappa shape index (κ2) is 7.61. The van der Waals surface area contributed by atoms with Crippen molar-refractivity contribution < 1.29 is 18.7 Å². The van der Waals surface area contributed by atoms with E-state index in [1.165, 1.54) is 12.1 Å². The van der Waals surface area contributed by atoms with E-state index in [1.54, 1.807) is 36.5 Å². The Bertz CT molecular complexity index is 708. The first-order valence-electron chi connectivity index (χ1n) is 8.20. The van der Waals surface area contributed by atoms with Gasteiger partial charge < -0.3 is 14.4 Å². The van der Waals surface area contributed by atoms with Crippen molar-refractivity contribution >= 4 is 5.91 Å². The number of nitrogens with zero attached hydrogens (tertiary/aromatic N) is 2. The van der Waals surface area contributed by atoms with E-state index in [0.29, 0.717) is 38.3 Å². The summed E-state index contributed by atoms with van der Waals surface area (Å²) in [5.74, 6) is 0.342. The van der Waals surface area contributed by atoms with Gasteiger partial charge >= 0.3 is 0 Å². The number of hydrogen-bond acceptors (Lipinski definition) is 4. The first kappa shape index (κ1) is 17.4. The van der Waals surface area contributed by atoms with E-state index in [9.17, 15) is 9.18 Å². The van der Waals surface area contributed by atoms with Crippen LogP contribution in [0, 0.1) is 5.82 Å². The van der Waals surface area contributed by atoms with E-state index in [2.05, 4.69) is 4.98 Å². The van der Waals surface area contributed by atoms with E-state index in [-0.39, 0.29) is 11.7 Å². The number of amides is 1. The highest BCUT2D eigenvalue weighted by molar-refractivity contribution is 5.79. The zero-order valence-electron chi connectivity index (χ0n) is 14.2. The molecule has 0 spiro atoms. The molecule has 3 rings (SSSR count). The Morgan fingerprint density at radius 3 is 2.64 bits per heavy atom. The standard InChI is InChI=1S/C19H21FN2O3/c1-24-19(14-25-17-4-2-16(20)3-5-17)8-11-22(13-19)18(23)12-15-6-9-21-10-7-15/h2-7,9-10H,8,11-14H2,1H3. The van der Waals surface area contributed by atoms with Gasteiger partial charge in [0.2, 0.25) is 5.91 Å². The van der Waals surface area contributed by atoms with Crippen LogP contribution in [0.5, 0.6) is 5.75 Å². The first-order chi connectivity index (χ1) is 12.1. The molecule has 0 radical (unpaired) electrons. The normalized spacial score (nSPS) is 19.8. The number of likely N-dealkylation sites (tertiary alicyclic amines) is 1. The van der Waals surface area contributed by atoms with Crippen LogP contribution in [0.1, 0.15) is 12.0 Å². The van der Waals surface area contributed by atoms with E-state index in [4.69, 9.17) is 9.47 Å². The van der Waals surface area contributed by atoms with Crippen LogP contribution in [0.2, 0.25) is 0 Å². The molecular weight excluding hydrogens is 323 g/mol. The molecule has 0 saturated carbocycles. The Morgan fingerprint density at radius 1 is 1.24 bits per heavy atom. The lowest BCUT2D eigenvalue weighted by Crippen LogP contribution is -2.42. The molecule has 132 valence electrons. The molecule has 0 N–H and O–H groups in total. The van der Waals surface area contributed by atoms with Crippen LogP contribution in [-0.2, 0) is 16.0 Å². The number of carbonyl (C=O) groups excluding carboxylic acids is 1. The lowest BCUT2D eigenvalue weighted by Gasteiger charge is -2.28. The minimum atomic E-state index is -0.539. The zero-order valence-corrected chi connectivity index (χ0v) is 14.2. The van der Waals surface area contributed by atoms with Crippen LogP contribution in [0.4, 0.5) is 4.39 Å². The van der Waals surface area contributed by atoms with Gasteiger partial charge in [0.1, 0.15) is 23.8 Å². The molecule has 1 aliphatic heterocycles. The number of aromatic nitrogens is 1. The number of rotatable bonds is 6. The third kappa shape index (κ3) is 4.33. The number of benzene rings is 1.